The maximum absolute atomic E-state index is 12.7. The molecule has 2 aromatic rings. The number of rotatable bonds is 6. The lowest BCUT2D eigenvalue weighted by Gasteiger charge is -2.34. The van der Waals surface area contributed by atoms with Gasteiger partial charge < -0.3 is 10.2 Å². The molecule has 1 aliphatic rings. The van der Waals surface area contributed by atoms with Crippen molar-refractivity contribution in [1.82, 2.24) is 15.1 Å². The summed E-state index contributed by atoms with van der Waals surface area (Å²) in [7, 11) is 0. The number of nitrogens with one attached hydrogen (secondary N) is 1. The second-order valence-corrected chi connectivity index (χ2v) is 7.16. The van der Waals surface area contributed by atoms with E-state index in [-0.39, 0.29) is 34.6 Å². The van der Waals surface area contributed by atoms with Gasteiger partial charge in [-0.2, -0.15) is 0 Å². The first-order chi connectivity index (χ1) is 13.9. The molecule has 8 nitrogen and oxygen atoms in total. The van der Waals surface area contributed by atoms with E-state index in [0.29, 0.717) is 32.7 Å². The normalized spacial score (nSPS) is 14.4. The molecule has 152 valence electrons. The van der Waals surface area contributed by atoms with Crippen molar-refractivity contribution in [2.45, 2.75) is 6.54 Å². The third-order valence-corrected chi connectivity index (χ3v) is 5.08. The number of amides is 2. The van der Waals surface area contributed by atoms with E-state index in [1.165, 1.54) is 18.2 Å². The number of piperazine rings is 1. The van der Waals surface area contributed by atoms with Gasteiger partial charge in [-0.3, -0.25) is 24.6 Å². The number of non-ortho nitro benzene ring substituents is 1. The van der Waals surface area contributed by atoms with Gasteiger partial charge in [-0.1, -0.05) is 41.9 Å². The van der Waals surface area contributed by atoms with E-state index >= 15 is 0 Å². The Kier molecular flexibility index (Phi) is 6.79. The fourth-order valence-electron chi connectivity index (χ4n) is 3.13. The highest BCUT2D eigenvalue weighted by atomic mass is 35.5. The zero-order chi connectivity index (χ0) is 20.8. The number of hydrogen-bond donors (Lipinski definition) is 1. The minimum absolute atomic E-state index is 0.0737. The quantitative estimate of drug-likeness (QED) is 0.576. The zero-order valence-corrected chi connectivity index (χ0v) is 16.5. The molecular formula is C20H21ClN4O4. The molecule has 0 spiro atoms. The number of benzene rings is 2. The van der Waals surface area contributed by atoms with Gasteiger partial charge in [-0.25, -0.2) is 0 Å². The van der Waals surface area contributed by atoms with Crippen LogP contribution in [-0.2, 0) is 11.3 Å². The lowest BCUT2D eigenvalue weighted by molar-refractivity contribution is -0.384. The second kappa shape index (κ2) is 9.49. The Labute approximate surface area is 173 Å². The summed E-state index contributed by atoms with van der Waals surface area (Å²) in [5, 5.41) is 14.0. The van der Waals surface area contributed by atoms with Crippen LogP contribution in [0.2, 0.25) is 5.02 Å². The molecule has 0 aromatic heterocycles. The molecule has 2 aromatic carbocycles. The fraction of sp³-hybridized carbons (Fsp3) is 0.300. The van der Waals surface area contributed by atoms with Crippen LogP contribution in [-0.4, -0.2) is 59.3 Å². The van der Waals surface area contributed by atoms with Crippen molar-refractivity contribution >= 4 is 29.1 Å². The van der Waals surface area contributed by atoms with E-state index in [9.17, 15) is 19.7 Å². The molecule has 0 unspecified atom stereocenters. The van der Waals surface area contributed by atoms with Crippen LogP contribution < -0.4 is 5.32 Å². The van der Waals surface area contributed by atoms with Gasteiger partial charge in [0.15, 0.2) is 0 Å². The first-order valence-electron chi connectivity index (χ1n) is 9.20. The molecule has 0 saturated carbocycles. The Balaban J connectivity index is 1.50. The van der Waals surface area contributed by atoms with Crippen molar-refractivity contribution in [2.24, 2.45) is 0 Å². The van der Waals surface area contributed by atoms with Crippen molar-refractivity contribution in [2.75, 3.05) is 32.7 Å². The minimum Gasteiger partial charge on any atom is -0.351 e. The summed E-state index contributed by atoms with van der Waals surface area (Å²) in [5.74, 6) is -0.415. The molecule has 3 rings (SSSR count). The van der Waals surface area contributed by atoms with Gasteiger partial charge in [0.05, 0.1) is 22.1 Å². The zero-order valence-electron chi connectivity index (χ0n) is 15.7. The summed E-state index contributed by atoms with van der Waals surface area (Å²) in [6.45, 7) is 2.65. The molecular weight excluding hydrogens is 396 g/mol. The van der Waals surface area contributed by atoms with Crippen LogP contribution in [0, 0.1) is 10.1 Å². The average molecular weight is 417 g/mol. The summed E-state index contributed by atoms with van der Waals surface area (Å²) in [6, 6.07) is 13.5. The Morgan fingerprint density at radius 1 is 1.07 bits per heavy atom. The van der Waals surface area contributed by atoms with E-state index in [4.69, 9.17) is 11.6 Å². The summed E-state index contributed by atoms with van der Waals surface area (Å²) >= 11 is 6.06. The van der Waals surface area contributed by atoms with Crippen LogP contribution in [0.3, 0.4) is 0 Å². The average Bonchev–Trinajstić information content (AvgIpc) is 2.73. The molecule has 0 atom stereocenters. The summed E-state index contributed by atoms with van der Waals surface area (Å²) in [4.78, 5) is 38.8. The van der Waals surface area contributed by atoms with Gasteiger partial charge in [0.1, 0.15) is 0 Å². The van der Waals surface area contributed by atoms with Crippen molar-refractivity contribution < 1.29 is 14.5 Å². The smallest absolute Gasteiger partial charge is 0.270 e. The molecule has 1 aliphatic heterocycles. The van der Waals surface area contributed by atoms with E-state index < -0.39 is 4.92 Å². The standard InChI is InChI=1S/C20H21ClN4O4/c21-18-7-6-16(25(28)29)12-17(18)20(27)24-10-8-23(9-11-24)14-19(26)22-13-15-4-2-1-3-5-15/h1-7,12H,8-11,13-14H2,(H,22,26). The molecule has 0 aliphatic carbocycles. The number of halogens is 1. The first-order valence-corrected chi connectivity index (χ1v) is 9.58. The Morgan fingerprint density at radius 2 is 1.76 bits per heavy atom. The van der Waals surface area contributed by atoms with Crippen LogP contribution in [0.25, 0.3) is 0 Å². The van der Waals surface area contributed by atoms with Gasteiger partial charge in [0, 0.05) is 44.9 Å². The second-order valence-electron chi connectivity index (χ2n) is 6.75. The molecule has 1 fully saturated rings. The molecule has 9 heteroatoms. The fourth-order valence-corrected chi connectivity index (χ4v) is 3.32. The third kappa shape index (κ3) is 5.52. The number of hydrogen-bond acceptors (Lipinski definition) is 5. The SMILES string of the molecule is O=C(CN1CCN(C(=O)c2cc([N+](=O)[O-])ccc2Cl)CC1)NCc1ccccc1. The molecule has 2 amide bonds. The van der Waals surface area contributed by atoms with E-state index in [2.05, 4.69) is 5.32 Å². The lowest BCUT2D eigenvalue weighted by Crippen LogP contribution is -2.51. The van der Waals surface area contributed by atoms with Crippen molar-refractivity contribution in [1.29, 1.82) is 0 Å². The van der Waals surface area contributed by atoms with Crippen LogP contribution in [0.4, 0.5) is 5.69 Å². The third-order valence-electron chi connectivity index (χ3n) is 4.75. The van der Waals surface area contributed by atoms with Crippen LogP contribution in [0.15, 0.2) is 48.5 Å². The molecule has 1 saturated heterocycles. The van der Waals surface area contributed by atoms with Crippen LogP contribution >= 0.6 is 11.6 Å². The van der Waals surface area contributed by atoms with Gasteiger partial charge in [-0.05, 0) is 11.6 Å². The van der Waals surface area contributed by atoms with E-state index in [1.807, 2.05) is 35.2 Å². The Morgan fingerprint density at radius 3 is 2.41 bits per heavy atom. The number of carbonyl (C=O) groups excluding carboxylic acids is 2. The van der Waals surface area contributed by atoms with E-state index in [1.54, 1.807) is 4.90 Å². The maximum atomic E-state index is 12.7. The number of nitrogens with zero attached hydrogens (tertiary/aromatic N) is 3. The predicted molar refractivity (Wildman–Crippen MR) is 109 cm³/mol. The topological polar surface area (TPSA) is 95.8 Å². The number of nitro benzene ring substituents is 1. The molecule has 1 heterocycles. The van der Waals surface area contributed by atoms with Crippen molar-refractivity contribution in [3.05, 3.63) is 74.8 Å². The van der Waals surface area contributed by atoms with Gasteiger partial charge in [-0.15, -0.1) is 0 Å². The van der Waals surface area contributed by atoms with Gasteiger partial charge in [0.25, 0.3) is 11.6 Å². The van der Waals surface area contributed by atoms with Gasteiger partial charge >= 0.3 is 0 Å². The summed E-state index contributed by atoms with van der Waals surface area (Å²) in [6.07, 6.45) is 0. The van der Waals surface area contributed by atoms with Crippen LogP contribution in [0.5, 0.6) is 0 Å². The van der Waals surface area contributed by atoms with Gasteiger partial charge in [0.2, 0.25) is 5.91 Å². The number of carbonyl (C=O) groups is 2. The highest BCUT2D eigenvalue weighted by Crippen LogP contribution is 2.24. The van der Waals surface area contributed by atoms with Crippen LogP contribution in [0.1, 0.15) is 15.9 Å². The first kappa shape index (κ1) is 20.8. The number of nitro groups is 1. The largest absolute Gasteiger partial charge is 0.351 e. The van der Waals surface area contributed by atoms with Crippen molar-refractivity contribution in [3.63, 3.8) is 0 Å². The minimum atomic E-state index is -0.556. The van der Waals surface area contributed by atoms with Crippen molar-refractivity contribution in [3.8, 4) is 0 Å². The molecule has 29 heavy (non-hydrogen) atoms. The monoisotopic (exact) mass is 416 g/mol. The summed E-state index contributed by atoms with van der Waals surface area (Å²) < 4.78 is 0. The molecule has 0 radical (unpaired) electrons. The highest BCUT2D eigenvalue weighted by Gasteiger charge is 2.25. The molecule has 1 N–H and O–H groups in total. The van der Waals surface area contributed by atoms with E-state index in [0.717, 1.165) is 5.56 Å². The molecule has 0 bridgehead atoms. The Bertz CT molecular complexity index is 899. The predicted octanol–water partition coefficient (Wildman–Crippen LogP) is 2.32. The Hall–Kier alpha value is -2.97. The summed E-state index contributed by atoms with van der Waals surface area (Å²) in [5.41, 5.74) is 0.978. The maximum Gasteiger partial charge on any atom is 0.270 e. The highest BCUT2D eigenvalue weighted by molar-refractivity contribution is 6.33. The lowest BCUT2D eigenvalue weighted by atomic mass is 10.1.